The molecule has 0 spiro atoms. The molecule has 2 heterocycles. The Morgan fingerprint density at radius 1 is 1.07 bits per heavy atom. The minimum absolute atomic E-state index is 0.327. The quantitative estimate of drug-likeness (QED) is 0.486. The van der Waals surface area contributed by atoms with Crippen LogP contribution in [0.4, 0.5) is 10.1 Å². The van der Waals surface area contributed by atoms with Gasteiger partial charge in [-0.25, -0.2) is 27.8 Å². The highest BCUT2D eigenvalue weighted by Gasteiger charge is 2.12. The molecule has 0 amide bonds. The predicted molar refractivity (Wildman–Crippen MR) is 108 cm³/mol. The summed E-state index contributed by atoms with van der Waals surface area (Å²) in [6, 6.07) is 13.5. The molecule has 2 aromatic carbocycles. The van der Waals surface area contributed by atoms with Crippen LogP contribution in [-0.2, 0) is 15.8 Å². The summed E-state index contributed by atoms with van der Waals surface area (Å²) >= 11 is 0. The molecule has 0 bridgehead atoms. The van der Waals surface area contributed by atoms with Crippen molar-refractivity contribution in [1.29, 1.82) is 0 Å². The number of anilines is 1. The second-order valence-corrected chi connectivity index (χ2v) is 8.02. The Morgan fingerprint density at radius 3 is 2.63 bits per heavy atom. The van der Waals surface area contributed by atoms with E-state index in [1.165, 1.54) is 24.5 Å². The fourth-order valence-electron chi connectivity index (χ4n) is 2.70. The standard InChI is InChI=1S/C20H16FN5O3S/c21-16-3-1-2-15(10-16)12-30(27,28)25-17-4-6-18(7-5-17)29-20-11-19(23-13-24-20)26-9-8-22-14-26/h1-11,13-14,25H,12H2. The molecule has 0 atom stereocenters. The highest BCUT2D eigenvalue weighted by Crippen LogP contribution is 2.23. The summed E-state index contributed by atoms with van der Waals surface area (Å²) in [7, 11) is -3.69. The first-order chi connectivity index (χ1) is 14.5. The van der Waals surface area contributed by atoms with E-state index < -0.39 is 15.8 Å². The van der Waals surface area contributed by atoms with Crippen molar-refractivity contribution in [3.05, 3.63) is 91.0 Å². The van der Waals surface area contributed by atoms with Crippen molar-refractivity contribution >= 4 is 15.7 Å². The number of hydrogen-bond donors (Lipinski definition) is 1. The molecule has 0 unspecified atom stereocenters. The van der Waals surface area contributed by atoms with Gasteiger partial charge in [-0.15, -0.1) is 0 Å². The normalized spacial score (nSPS) is 11.2. The van der Waals surface area contributed by atoms with Crippen molar-refractivity contribution in [1.82, 2.24) is 19.5 Å². The summed E-state index contributed by atoms with van der Waals surface area (Å²) in [5, 5.41) is 0. The van der Waals surface area contributed by atoms with E-state index >= 15 is 0 Å². The zero-order valence-electron chi connectivity index (χ0n) is 15.5. The zero-order chi connectivity index (χ0) is 21.0. The maximum Gasteiger partial charge on any atom is 0.236 e. The van der Waals surface area contributed by atoms with E-state index in [0.29, 0.717) is 28.7 Å². The van der Waals surface area contributed by atoms with Gasteiger partial charge in [0.25, 0.3) is 0 Å². The van der Waals surface area contributed by atoms with Crippen molar-refractivity contribution < 1.29 is 17.5 Å². The molecule has 152 valence electrons. The Kier molecular flexibility index (Phi) is 5.40. The van der Waals surface area contributed by atoms with E-state index in [1.807, 2.05) is 0 Å². The van der Waals surface area contributed by atoms with Gasteiger partial charge in [-0.2, -0.15) is 0 Å². The number of sulfonamides is 1. The molecule has 2 aromatic heterocycles. The third-order valence-electron chi connectivity index (χ3n) is 3.99. The Morgan fingerprint density at radius 2 is 1.90 bits per heavy atom. The van der Waals surface area contributed by atoms with Crippen molar-refractivity contribution in [3.8, 4) is 17.4 Å². The molecule has 10 heteroatoms. The largest absolute Gasteiger partial charge is 0.439 e. The van der Waals surface area contributed by atoms with Gasteiger partial charge in [0, 0.05) is 24.1 Å². The first-order valence-electron chi connectivity index (χ1n) is 8.80. The average molecular weight is 425 g/mol. The lowest BCUT2D eigenvalue weighted by Crippen LogP contribution is -2.15. The van der Waals surface area contributed by atoms with Crippen LogP contribution in [0.25, 0.3) is 5.82 Å². The summed E-state index contributed by atoms with van der Waals surface area (Å²) in [4.78, 5) is 12.2. The second kappa shape index (κ2) is 8.29. The molecule has 4 rings (SSSR count). The maximum absolute atomic E-state index is 13.3. The molecule has 1 N–H and O–H groups in total. The van der Waals surface area contributed by atoms with Crippen LogP contribution >= 0.6 is 0 Å². The van der Waals surface area contributed by atoms with Gasteiger partial charge >= 0.3 is 0 Å². The number of imidazole rings is 1. The number of hydrogen-bond acceptors (Lipinski definition) is 6. The highest BCUT2D eigenvalue weighted by atomic mass is 32.2. The summed E-state index contributed by atoms with van der Waals surface area (Å²) in [5.41, 5.74) is 0.723. The van der Waals surface area contributed by atoms with Gasteiger partial charge in [-0.3, -0.25) is 9.29 Å². The molecule has 4 aromatic rings. The Labute approximate surface area is 172 Å². The monoisotopic (exact) mass is 425 g/mol. The third kappa shape index (κ3) is 4.97. The maximum atomic E-state index is 13.3. The van der Waals surface area contributed by atoms with Crippen LogP contribution in [-0.4, -0.2) is 27.9 Å². The highest BCUT2D eigenvalue weighted by molar-refractivity contribution is 7.91. The fraction of sp³-hybridized carbons (Fsp3) is 0.0500. The van der Waals surface area contributed by atoms with E-state index in [-0.39, 0.29) is 5.75 Å². The zero-order valence-corrected chi connectivity index (χ0v) is 16.3. The van der Waals surface area contributed by atoms with Gasteiger partial charge in [0.05, 0.1) is 5.75 Å². The molecule has 8 nitrogen and oxygen atoms in total. The van der Waals surface area contributed by atoms with E-state index in [4.69, 9.17) is 4.74 Å². The van der Waals surface area contributed by atoms with Gasteiger partial charge in [-0.05, 0) is 42.0 Å². The van der Waals surface area contributed by atoms with Gasteiger partial charge < -0.3 is 4.74 Å². The third-order valence-corrected chi connectivity index (χ3v) is 5.25. The topological polar surface area (TPSA) is 99.0 Å². The molecular formula is C20H16FN5O3S. The van der Waals surface area contributed by atoms with E-state index in [9.17, 15) is 12.8 Å². The number of nitrogens with zero attached hydrogens (tertiary/aromatic N) is 4. The molecule has 0 fully saturated rings. The average Bonchev–Trinajstić information content (AvgIpc) is 3.24. The molecule has 0 radical (unpaired) electrons. The van der Waals surface area contributed by atoms with Crippen molar-refractivity contribution in [2.24, 2.45) is 0 Å². The van der Waals surface area contributed by atoms with Crippen LogP contribution in [0.2, 0.25) is 0 Å². The lowest BCUT2D eigenvalue weighted by Gasteiger charge is -2.10. The minimum Gasteiger partial charge on any atom is -0.439 e. The molecule has 30 heavy (non-hydrogen) atoms. The smallest absolute Gasteiger partial charge is 0.236 e. The SMILES string of the molecule is O=S(=O)(Cc1cccc(F)c1)Nc1ccc(Oc2cc(-n3ccnc3)ncn2)cc1. The van der Waals surface area contributed by atoms with E-state index in [1.54, 1.807) is 59.7 Å². The van der Waals surface area contributed by atoms with Gasteiger partial charge in [-0.1, -0.05) is 12.1 Å². The molecule has 0 saturated carbocycles. The van der Waals surface area contributed by atoms with E-state index in [2.05, 4.69) is 19.7 Å². The van der Waals surface area contributed by atoms with Crippen LogP contribution in [0.3, 0.4) is 0 Å². The Balaban J connectivity index is 1.42. The number of ether oxygens (including phenoxy) is 1. The molecule has 0 aliphatic heterocycles. The van der Waals surface area contributed by atoms with Crippen LogP contribution in [0.5, 0.6) is 11.6 Å². The van der Waals surface area contributed by atoms with Crippen molar-refractivity contribution in [3.63, 3.8) is 0 Å². The Bertz CT molecular complexity index is 1250. The summed E-state index contributed by atoms with van der Waals surface area (Å²) in [6.07, 6.45) is 6.37. The summed E-state index contributed by atoms with van der Waals surface area (Å²) < 4.78 is 47.8. The fourth-order valence-corrected chi connectivity index (χ4v) is 3.88. The number of aromatic nitrogens is 4. The Hall–Kier alpha value is -3.79. The van der Waals surface area contributed by atoms with E-state index in [0.717, 1.165) is 0 Å². The molecule has 0 saturated heterocycles. The molecular weight excluding hydrogens is 409 g/mol. The van der Waals surface area contributed by atoms with Gasteiger partial charge in [0.1, 0.15) is 30.0 Å². The number of rotatable bonds is 7. The first-order valence-corrected chi connectivity index (χ1v) is 10.5. The van der Waals surface area contributed by atoms with Crippen LogP contribution in [0, 0.1) is 5.82 Å². The summed E-state index contributed by atoms with van der Waals surface area (Å²) in [6.45, 7) is 0. The first kappa shape index (κ1) is 19.5. The summed E-state index contributed by atoms with van der Waals surface area (Å²) in [5.74, 6) is 0.580. The van der Waals surface area contributed by atoms with Crippen LogP contribution in [0.1, 0.15) is 5.56 Å². The van der Waals surface area contributed by atoms with Gasteiger partial charge in [0.2, 0.25) is 15.9 Å². The van der Waals surface area contributed by atoms with Gasteiger partial charge in [0.15, 0.2) is 0 Å². The number of halogens is 1. The number of benzene rings is 2. The molecule has 0 aliphatic rings. The van der Waals surface area contributed by atoms with Crippen molar-refractivity contribution in [2.75, 3.05) is 4.72 Å². The lowest BCUT2D eigenvalue weighted by atomic mass is 10.2. The number of nitrogens with one attached hydrogen (secondary N) is 1. The lowest BCUT2D eigenvalue weighted by molar-refractivity contribution is 0.461. The van der Waals surface area contributed by atoms with Crippen molar-refractivity contribution in [2.45, 2.75) is 5.75 Å². The van der Waals surface area contributed by atoms with Crippen LogP contribution in [0.15, 0.2) is 79.6 Å². The second-order valence-electron chi connectivity index (χ2n) is 6.30. The minimum atomic E-state index is -3.69. The van der Waals surface area contributed by atoms with Crippen LogP contribution < -0.4 is 9.46 Å². The predicted octanol–water partition coefficient (Wildman–Crippen LogP) is 3.54. The molecule has 0 aliphatic carbocycles.